The highest BCUT2D eigenvalue weighted by atomic mass is 32.2. The summed E-state index contributed by atoms with van der Waals surface area (Å²) in [6, 6.07) is 6.76. The fraction of sp³-hybridized carbons (Fsp3) is 0.357. The van der Waals surface area contributed by atoms with Crippen LogP contribution in [-0.4, -0.2) is 15.4 Å². The fourth-order valence-corrected chi connectivity index (χ4v) is 2.98. The number of halogens is 3. The van der Waals surface area contributed by atoms with Crippen LogP contribution >= 0.6 is 0 Å². The molecule has 1 heterocycles. The molecule has 1 aromatic carbocycles. The van der Waals surface area contributed by atoms with E-state index in [0.717, 1.165) is 5.56 Å². The van der Waals surface area contributed by atoms with Crippen LogP contribution in [0.5, 0.6) is 0 Å². The molecule has 0 N–H and O–H groups in total. The average molecular weight is 342 g/mol. The van der Waals surface area contributed by atoms with Crippen LogP contribution in [0, 0.1) is 11.5 Å². The lowest BCUT2D eigenvalue weighted by Crippen LogP contribution is -2.07. The van der Waals surface area contributed by atoms with Gasteiger partial charge in [-0.05, 0) is 5.56 Å². The number of aromatic nitrogens is 2. The maximum absolute atomic E-state index is 12.4. The Morgan fingerprint density at radius 2 is 1.96 bits per heavy atom. The van der Waals surface area contributed by atoms with Crippen molar-refractivity contribution in [3.63, 3.8) is 0 Å². The molecule has 0 aliphatic heterocycles. The van der Waals surface area contributed by atoms with Crippen LogP contribution in [0.15, 0.2) is 33.2 Å². The van der Waals surface area contributed by atoms with Gasteiger partial charge in [-0.3, -0.25) is 0 Å². The van der Waals surface area contributed by atoms with Crippen LogP contribution in [0.2, 0.25) is 0 Å². The number of nitrogens with zero attached hydrogens (tertiary/aromatic N) is 4. The minimum atomic E-state index is -4.66. The minimum Gasteiger partial charge on any atom is -0.329 e. The van der Waals surface area contributed by atoms with Gasteiger partial charge in [-0.2, -0.15) is 27.8 Å². The second kappa shape index (κ2) is 6.91. The first-order valence-corrected chi connectivity index (χ1v) is 8.02. The first kappa shape index (κ1) is 17.1. The number of hydrogen-bond acceptors (Lipinski definition) is 5. The Morgan fingerprint density at radius 3 is 2.43 bits per heavy atom. The van der Waals surface area contributed by atoms with Crippen molar-refractivity contribution >= 4 is 10.7 Å². The Hall–Kier alpha value is -2.21. The summed E-state index contributed by atoms with van der Waals surface area (Å²) < 4.78 is 45.4. The SMILES string of the molecule is CC(C)S(Cc1ccc(-c2noc(C(F)(F)F)n2)cc1)=NC#N. The van der Waals surface area contributed by atoms with Crippen molar-refractivity contribution in [3.05, 3.63) is 35.7 Å². The normalized spacial score (nSPS) is 13.3. The minimum absolute atomic E-state index is 0.117. The van der Waals surface area contributed by atoms with Gasteiger partial charge in [0.15, 0.2) is 0 Å². The molecule has 9 heteroatoms. The maximum Gasteiger partial charge on any atom is 0.471 e. The smallest absolute Gasteiger partial charge is 0.329 e. The zero-order chi connectivity index (χ0) is 17.0. The third-order valence-corrected chi connectivity index (χ3v) is 4.93. The van der Waals surface area contributed by atoms with Gasteiger partial charge in [-0.15, -0.1) is 0 Å². The lowest BCUT2D eigenvalue weighted by atomic mass is 10.1. The number of rotatable bonds is 4. The van der Waals surface area contributed by atoms with E-state index in [2.05, 4.69) is 19.0 Å². The van der Waals surface area contributed by atoms with Crippen molar-refractivity contribution in [1.82, 2.24) is 10.1 Å². The van der Waals surface area contributed by atoms with Crippen molar-refractivity contribution in [2.75, 3.05) is 0 Å². The molecule has 0 bridgehead atoms. The van der Waals surface area contributed by atoms with E-state index in [9.17, 15) is 13.2 Å². The number of benzene rings is 1. The van der Waals surface area contributed by atoms with Crippen molar-refractivity contribution in [2.45, 2.75) is 31.0 Å². The lowest BCUT2D eigenvalue weighted by Gasteiger charge is -2.10. The summed E-state index contributed by atoms with van der Waals surface area (Å²) in [7, 11) is -0.421. The fourth-order valence-electron chi connectivity index (χ4n) is 1.73. The van der Waals surface area contributed by atoms with Crippen LogP contribution in [0.25, 0.3) is 11.4 Å². The zero-order valence-corrected chi connectivity index (χ0v) is 13.1. The highest BCUT2D eigenvalue weighted by molar-refractivity contribution is 7.87. The van der Waals surface area contributed by atoms with Crippen molar-refractivity contribution in [1.29, 1.82) is 5.26 Å². The molecular formula is C14H13F3N4OS. The van der Waals surface area contributed by atoms with E-state index >= 15 is 0 Å². The molecule has 0 amide bonds. The Balaban J connectivity index is 2.18. The quantitative estimate of drug-likeness (QED) is 0.789. The molecule has 0 aliphatic rings. The van der Waals surface area contributed by atoms with Gasteiger partial charge in [0.2, 0.25) is 12.0 Å². The van der Waals surface area contributed by atoms with Crippen molar-refractivity contribution < 1.29 is 17.7 Å². The summed E-state index contributed by atoms with van der Waals surface area (Å²) in [4.78, 5) is 3.34. The molecule has 1 aromatic heterocycles. The van der Waals surface area contributed by atoms with Crippen LogP contribution < -0.4 is 0 Å². The van der Waals surface area contributed by atoms with Crippen LogP contribution in [0.1, 0.15) is 25.3 Å². The van der Waals surface area contributed by atoms with E-state index in [1.54, 1.807) is 24.3 Å². The van der Waals surface area contributed by atoms with Crippen LogP contribution in [0.3, 0.4) is 0 Å². The van der Waals surface area contributed by atoms with E-state index in [4.69, 9.17) is 5.26 Å². The Bertz CT molecular complexity index is 745. The number of nitriles is 1. The highest BCUT2D eigenvalue weighted by Gasteiger charge is 2.38. The standard InChI is InChI=1S/C14H13F3N4OS/c1-9(2)23(19-8-18)7-10-3-5-11(6-4-10)12-20-13(22-21-12)14(15,16)17/h3-6,9H,7H2,1-2H3. The van der Waals surface area contributed by atoms with Crippen LogP contribution in [-0.2, 0) is 22.6 Å². The summed E-state index contributed by atoms with van der Waals surface area (Å²) in [6.07, 6.45) is -2.84. The molecule has 0 aliphatic carbocycles. The number of hydrogen-bond donors (Lipinski definition) is 0. The molecule has 0 saturated carbocycles. The highest BCUT2D eigenvalue weighted by Crippen LogP contribution is 2.29. The molecule has 2 rings (SSSR count). The second-order valence-electron chi connectivity index (χ2n) is 4.90. The molecule has 0 saturated heterocycles. The second-order valence-corrected chi connectivity index (χ2v) is 7.12. The summed E-state index contributed by atoms with van der Waals surface area (Å²) in [5, 5.41) is 12.3. The van der Waals surface area contributed by atoms with Gasteiger partial charge < -0.3 is 4.52 Å². The Kier molecular flexibility index (Phi) is 5.15. The molecule has 23 heavy (non-hydrogen) atoms. The van der Waals surface area contributed by atoms with Gasteiger partial charge in [-0.25, -0.2) is 0 Å². The van der Waals surface area contributed by atoms with Gasteiger partial charge in [0.25, 0.3) is 0 Å². The molecular weight excluding hydrogens is 329 g/mol. The predicted octanol–water partition coefficient (Wildman–Crippen LogP) is 3.95. The third kappa shape index (κ3) is 4.39. The maximum atomic E-state index is 12.4. The molecule has 122 valence electrons. The molecule has 0 spiro atoms. The van der Waals surface area contributed by atoms with Gasteiger partial charge >= 0.3 is 12.1 Å². The van der Waals surface area contributed by atoms with Gasteiger partial charge in [0, 0.05) is 16.6 Å². The van der Waals surface area contributed by atoms with Crippen molar-refractivity contribution in [2.24, 2.45) is 4.36 Å². The zero-order valence-electron chi connectivity index (χ0n) is 12.3. The summed E-state index contributed by atoms with van der Waals surface area (Å²) in [5.41, 5.74) is 1.36. The molecule has 0 radical (unpaired) electrons. The largest absolute Gasteiger partial charge is 0.471 e. The van der Waals surface area contributed by atoms with Gasteiger partial charge in [0.05, 0.1) is 0 Å². The van der Waals surface area contributed by atoms with Crippen molar-refractivity contribution in [3.8, 4) is 17.6 Å². The summed E-state index contributed by atoms with van der Waals surface area (Å²) >= 11 is 0. The van der Waals surface area contributed by atoms with E-state index in [0.29, 0.717) is 11.3 Å². The average Bonchev–Trinajstić information content (AvgIpc) is 2.97. The van der Waals surface area contributed by atoms with Crippen LogP contribution in [0.4, 0.5) is 13.2 Å². The molecule has 0 fully saturated rings. The van der Waals surface area contributed by atoms with E-state index in [1.807, 2.05) is 20.0 Å². The van der Waals surface area contributed by atoms with E-state index in [-0.39, 0.29) is 11.1 Å². The monoisotopic (exact) mass is 342 g/mol. The first-order valence-electron chi connectivity index (χ1n) is 6.61. The predicted molar refractivity (Wildman–Crippen MR) is 79.0 cm³/mol. The molecule has 1 atom stereocenters. The Morgan fingerprint density at radius 1 is 1.30 bits per heavy atom. The van der Waals surface area contributed by atoms with Gasteiger partial charge in [-0.1, -0.05) is 54.0 Å². The topological polar surface area (TPSA) is 75.1 Å². The molecule has 1 unspecified atom stereocenters. The summed E-state index contributed by atoms with van der Waals surface area (Å²) in [5.74, 6) is -0.884. The van der Waals surface area contributed by atoms with E-state index < -0.39 is 22.8 Å². The van der Waals surface area contributed by atoms with Gasteiger partial charge in [0.1, 0.15) is 0 Å². The summed E-state index contributed by atoms with van der Waals surface area (Å²) in [6.45, 7) is 3.96. The Labute approximate surface area is 133 Å². The first-order chi connectivity index (χ1) is 10.8. The third-order valence-electron chi connectivity index (χ3n) is 2.90. The van der Waals surface area contributed by atoms with E-state index in [1.165, 1.54) is 0 Å². The molecule has 5 nitrogen and oxygen atoms in total. The number of alkyl halides is 3. The lowest BCUT2D eigenvalue weighted by molar-refractivity contribution is -0.159. The molecule has 2 aromatic rings.